The molecular weight excluding hydrogens is 456 g/mol. The molecule has 6 heteroatoms. The Balaban J connectivity index is 0.000000176. The average Bonchev–Trinajstić information content (AvgIpc) is 3.68. The van der Waals surface area contributed by atoms with Crippen LogP contribution in [-0.4, -0.2) is 55.8 Å². The highest BCUT2D eigenvalue weighted by Gasteiger charge is 2.48. The lowest BCUT2D eigenvalue weighted by atomic mass is 10.00. The molecule has 0 aromatic heterocycles. The molecule has 4 aliphatic rings. The van der Waals surface area contributed by atoms with E-state index >= 15 is 0 Å². The number of ether oxygens (including phenoxy) is 5. The van der Waals surface area contributed by atoms with Crippen molar-refractivity contribution in [2.45, 2.75) is 105 Å². The molecule has 4 saturated heterocycles. The van der Waals surface area contributed by atoms with E-state index in [2.05, 4.69) is 72.7 Å². The summed E-state index contributed by atoms with van der Waals surface area (Å²) in [5, 5.41) is 0. The van der Waals surface area contributed by atoms with Gasteiger partial charge in [0.1, 0.15) is 6.10 Å². The topological polar surface area (TPSA) is 76.4 Å². The number of epoxide rings is 4. The van der Waals surface area contributed by atoms with Crippen LogP contribution in [0, 0.1) is 23.7 Å². The van der Waals surface area contributed by atoms with Crippen LogP contribution < -0.4 is 0 Å². The molecule has 0 N–H and O–H groups in total. The lowest BCUT2D eigenvalue weighted by Crippen LogP contribution is -2.15. The summed E-state index contributed by atoms with van der Waals surface area (Å²) in [6, 6.07) is 10.4. The molecule has 0 spiro atoms. The second kappa shape index (κ2) is 13.9. The Hall–Kier alpha value is -1.47. The molecule has 6 nitrogen and oxygen atoms in total. The fraction of sp³-hybridized carbons (Fsp3) is 0.767. The van der Waals surface area contributed by atoms with Crippen LogP contribution in [0.2, 0.25) is 0 Å². The molecule has 6 atom stereocenters. The Kier molecular flexibility index (Phi) is 11.9. The van der Waals surface area contributed by atoms with Gasteiger partial charge >= 0.3 is 5.97 Å². The smallest absolute Gasteiger partial charge is 0.338 e. The minimum absolute atomic E-state index is 0.0917. The SMILES string of the molecule is CC(C)C1(C)CO1.CC(C)C1CO1.CC(C)C1OC1c1ccccc1.CCOC(=O)C1OC1C(C)C. The molecule has 0 bridgehead atoms. The Morgan fingerprint density at radius 3 is 1.78 bits per heavy atom. The molecule has 4 aliphatic heterocycles. The molecule has 0 radical (unpaired) electrons. The molecule has 4 fully saturated rings. The van der Waals surface area contributed by atoms with Gasteiger partial charge in [0.25, 0.3) is 0 Å². The van der Waals surface area contributed by atoms with Crippen LogP contribution in [-0.2, 0) is 28.5 Å². The van der Waals surface area contributed by atoms with E-state index in [1.165, 1.54) is 5.56 Å². The van der Waals surface area contributed by atoms with Gasteiger partial charge in [0.2, 0.25) is 0 Å². The van der Waals surface area contributed by atoms with Crippen LogP contribution in [0.15, 0.2) is 30.3 Å². The van der Waals surface area contributed by atoms with Crippen molar-refractivity contribution in [3.8, 4) is 0 Å². The minimum atomic E-state index is -0.282. The van der Waals surface area contributed by atoms with Gasteiger partial charge in [0, 0.05) is 0 Å². The molecule has 206 valence electrons. The minimum Gasteiger partial charge on any atom is -0.464 e. The summed E-state index contributed by atoms with van der Waals surface area (Å²) in [7, 11) is 0. The third-order valence-electron chi connectivity index (χ3n) is 6.94. The van der Waals surface area contributed by atoms with Crippen molar-refractivity contribution < 1.29 is 28.5 Å². The van der Waals surface area contributed by atoms with Crippen molar-refractivity contribution in [2.75, 3.05) is 19.8 Å². The Morgan fingerprint density at radius 2 is 1.50 bits per heavy atom. The fourth-order valence-electron chi connectivity index (χ4n) is 3.47. The number of benzene rings is 1. The summed E-state index contributed by atoms with van der Waals surface area (Å²) in [5.74, 6) is 2.25. The van der Waals surface area contributed by atoms with E-state index < -0.39 is 0 Å². The van der Waals surface area contributed by atoms with Crippen LogP contribution in [0.5, 0.6) is 0 Å². The third-order valence-corrected chi connectivity index (χ3v) is 6.94. The Morgan fingerprint density at radius 1 is 0.944 bits per heavy atom. The highest BCUT2D eigenvalue weighted by Crippen LogP contribution is 2.42. The molecule has 4 heterocycles. The first kappa shape index (κ1) is 30.8. The normalized spacial score (nSPS) is 30.9. The van der Waals surface area contributed by atoms with Gasteiger partial charge in [-0.15, -0.1) is 0 Å². The maximum Gasteiger partial charge on any atom is 0.338 e. The Bertz CT molecular complexity index is 767. The summed E-state index contributed by atoms with van der Waals surface area (Å²) in [6.45, 7) is 23.5. The van der Waals surface area contributed by atoms with Crippen LogP contribution in [0.4, 0.5) is 0 Å². The van der Waals surface area contributed by atoms with Gasteiger partial charge in [-0.05, 0) is 43.1 Å². The third kappa shape index (κ3) is 10.5. The number of esters is 1. The van der Waals surface area contributed by atoms with Crippen molar-refractivity contribution in [1.82, 2.24) is 0 Å². The predicted octanol–water partition coefficient (Wildman–Crippen LogP) is 6.23. The molecule has 6 unspecified atom stereocenters. The van der Waals surface area contributed by atoms with Crippen molar-refractivity contribution in [3.05, 3.63) is 35.9 Å². The molecule has 0 amide bonds. The molecule has 0 saturated carbocycles. The van der Waals surface area contributed by atoms with Gasteiger partial charge in [-0.3, -0.25) is 0 Å². The molecular formula is C30H50O6. The fourth-order valence-corrected chi connectivity index (χ4v) is 3.47. The maximum atomic E-state index is 11.0. The zero-order chi connectivity index (χ0) is 27.0. The molecule has 5 rings (SSSR count). The standard InChI is InChI=1S/C11H14O.C8H14O3.C6H12O.C5H10O/c1-8(2)10-11(12-10)9-6-4-3-5-7-9;1-4-10-8(9)7-6(11-7)5(2)3;1-5(2)6(3)4-7-6;1-4(2)5-3-6-5/h3-8,10-11H,1-2H3;5-7H,4H2,1-3H3;5H,4H2,1-3H3;4-5H,3H2,1-2H3. The number of rotatable bonds is 7. The summed E-state index contributed by atoms with van der Waals surface area (Å²) in [6.07, 6.45) is 1.23. The maximum absolute atomic E-state index is 11.0. The van der Waals surface area contributed by atoms with E-state index in [0.29, 0.717) is 42.7 Å². The van der Waals surface area contributed by atoms with Crippen LogP contribution in [0.3, 0.4) is 0 Å². The summed E-state index contributed by atoms with van der Waals surface area (Å²) >= 11 is 0. The van der Waals surface area contributed by atoms with E-state index in [4.69, 9.17) is 23.7 Å². The van der Waals surface area contributed by atoms with Gasteiger partial charge < -0.3 is 23.7 Å². The van der Waals surface area contributed by atoms with Gasteiger partial charge in [0.05, 0.1) is 43.7 Å². The van der Waals surface area contributed by atoms with Gasteiger partial charge in [-0.25, -0.2) is 4.79 Å². The predicted molar refractivity (Wildman–Crippen MR) is 143 cm³/mol. The van der Waals surface area contributed by atoms with Crippen molar-refractivity contribution in [3.63, 3.8) is 0 Å². The zero-order valence-electron chi connectivity index (χ0n) is 24.2. The highest BCUT2D eigenvalue weighted by molar-refractivity contribution is 5.78. The molecule has 36 heavy (non-hydrogen) atoms. The summed E-state index contributed by atoms with van der Waals surface area (Å²) in [4.78, 5) is 11.0. The number of carbonyl (C=O) groups is 1. The second-order valence-corrected chi connectivity index (χ2v) is 11.6. The van der Waals surface area contributed by atoms with E-state index in [9.17, 15) is 4.79 Å². The quantitative estimate of drug-likeness (QED) is 0.322. The van der Waals surface area contributed by atoms with Crippen LogP contribution in [0.1, 0.15) is 80.9 Å². The summed E-state index contributed by atoms with van der Waals surface area (Å²) in [5.41, 5.74) is 1.57. The first-order valence-corrected chi connectivity index (χ1v) is 13.7. The molecule has 0 aliphatic carbocycles. The van der Waals surface area contributed by atoms with E-state index in [0.717, 1.165) is 19.1 Å². The molecule has 1 aromatic carbocycles. The second-order valence-electron chi connectivity index (χ2n) is 11.6. The van der Waals surface area contributed by atoms with Crippen molar-refractivity contribution in [2.24, 2.45) is 23.7 Å². The van der Waals surface area contributed by atoms with Crippen LogP contribution in [0.25, 0.3) is 0 Å². The number of hydrogen-bond acceptors (Lipinski definition) is 6. The van der Waals surface area contributed by atoms with Gasteiger partial charge in [0.15, 0.2) is 6.10 Å². The van der Waals surface area contributed by atoms with Crippen molar-refractivity contribution in [1.29, 1.82) is 0 Å². The van der Waals surface area contributed by atoms with E-state index in [1.807, 2.05) is 19.9 Å². The van der Waals surface area contributed by atoms with Crippen LogP contribution >= 0.6 is 0 Å². The highest BCUT2D eigenvalue weighted by atomic mass is 16.6. The summed E-state index contributed by atoms with van der Waals surface area (Å²) < 4.78 is 25.6. The van der Waals surface area contributed by atoms with E-state index in [-0.39, 0.29) is 23.8 Å². The first-order valence-electron chi connectivity index (χ1n) is 13.7. The number of hydrogen-bond donors (Lipinski definition) is 0. The number of carbonyl (C=O) groups excluding carboxylic acids is 1. The monoisotopic (exact) mass is 506 g/mol. The first-order chi connectivity index (χ1) is 16.9. The largest absolute Gasteiger partial charge is 0.464 e. The molecule has 1 aromatic rings. The average molecular weight is 507 g/mol. The lowest BCUT2D eigenvalue weighted by Gasteiger charge is -2.06. The van der Waals surface area contributed by atoms with Gasteiger partial charge in [-0.2, -0.15) is 0 Å². The lowest BCUT2D eigenvalue weighted by molar-refractivity contribution is -0.144. The van der Waals surface area contributed by atoms with E-state index in [1.54, 1.807) is 6.92 Å². The zero-order valence-corrected chi connectivity index (χ0v) is 24.2. The van der Waals surface area contributed by atoms with Gasteiger partial charge in [-0.1, -0.05) is 85.7 Å². The Labute approximate surface area is 219 Å². The van der Waals surface area contributed by atoms with Crippen molar-refractivity contribution >= 4 is 5.97 Å².